The lowest BCUT2D eigenvalue weighted by Gasteiger charge is -2.23. The number of hydrogen-bond acceptors (Lipinski definition) is 2. The molecule has 1 N–H and O–H groups in total. The average molecular weight is 246 g/mol. The van der Waals surface area contributed by atoms with Gasteiger partial charge in [-0.15, -0.1) is 0 Å². The van der Waals surface area contributed by atoms with E-state index in [1.807, 2.05) is 26.0 Å². The molecule has 0 aliphatic carbocycles. The molecule has 1 amide bonds. The molecule has 98 valence electrons. The second kappa shape index (κ2) is 5.53. The maximum atomic E-state index is 12.2. The van der Waals surface area contributed by atoms with Crippen LogP contribution in [0.25, 0.3) is 0 Å². The highest BCUT2D eigenvalue weighted by Gasteiger charge is 2.24. The molecule has 1 aliphatic heterocycles. The van der Waals surface area contributed by atoms with Gasteiger partial charge in [-0.25, -0.2) is 0 Å². The highest BCUT2D eigenvalue weighted by Crippen LogP contribution is 2.18. The number of anilines is 1. The topological polar surface area (TPSA) is 32.3 Å². The fourth-order valence-corrected chi connectivity index (χ4v) is 2.49. The summed E-state index contributed by atoms with van der Waals surface area (Å²) in [7, 11) is 0. The van der Waals surface area contributed by atoms with Crippen LogP contribution in [0, 0.1) is 13.8 Å². The van der Waals surface area contributed by atoms with Gasteiger partial charge in [-0.3, -0.25) is 9.69 Å². The van der Waals surface area contributed by atoms with Gasteiger partial charge in [-0.05, 0) is 58.3 Å². The summed E-state index contributed by atoms with van der Waals surface area (Å²) in [6.07, 6.45) is 2.42. The summed E-state index contributed by atoms with van der Waals surface area (Å²) in [4.78, 5) is 14.4. The van der Waals surface area contributed by atoms with Crippen LogP contribution < -0.4 is 5.32 Å². The van der Waals surface area contributed by atoms with Crippen molar-refractivity contribution >= 4 is 11.6 Å². The lowest BCUT2D eigenvalue weighted by atomic mass is 10.1. The second-order valence-corrected chi connectivity index (χ2v) is 5.23. The lowest BCUT2D eigenvalue weighted by Crippen LogP contribution is -2.40. The Balaban J connectivity index is 2.01. The number of benzene rings is 1. The number of hydrogen-bond donors (Lipinski definition) is 1. The van der Waals surface area contributed by atoms with Crippen molar-refractivity contribution in [2.45, 2.75) is 39.7 Å². The summed E-state index contributed by atoms with van der Waals surface area (Å²) in [6.45, 7) is 8.17. The Morgan fingerprint density at radius 3 is 2.56 bits per heavy atom. The molecule has 1 saturated heterocycles. The minimum atomic E-state index is -0.0341. The molecule has 3 heteroatoms. The molecule has 1 fully saturated rings. The Morgan fingerprint density at radius 2 is 1.94 bits per heavy atom. The standard InChI is InChI=1S/C15H22N2O/c1-11-6-7-14(12(2)10-11)16-15(18)13(3)17-8-4-5-9-17/h6-7,10,13H,4-5,8-9H2,1-3H3,(H,16,18)/t13-/m1/s1. The van der Waals surface area contributed by atoms with Crippen LogP contribution in [-0.2, 0) is 4.79 Å². The first-order valence-corrected chi connectivity index (χ1v) is 6.70. The van der Waals surface area contributed by atoms with Crippen molar-refractivity contribution in [2.24, 2.45) is 0 Å². The van der Waals surface area contributed by atoms with Gasteiger partial charge in [0.2, 0.25) is 5.91 Å². The molecule has 0 aromatic heterocycles. The van der Waals surface area contributed by atoms with E-state index in [-0.39, 0.29) is 11.9 Å². The fraction of sp³-hybridized carbons (Fsp3) is 0.533. The first-order chi connectivity index (χ1) is 8.58. The van der Waals surface area contributed by atoms with Crippen molar-refractivity contribution < 1.29 is 4.79 Å². The fourth-order valence-electron chi connectivity index (χ4n) is 2.49. The molecule has 18 heavy (non-hydrogen) atoms. The summed E-state index contributed by atoms with van der Waals surface area (Å²) in [5.74, 6) is 0.101. The Hall–Kier alpha value is -1.35. The zero-order valence-corrected chi connectivity index (χ0v) is 11.5. The summed E-state index contributed by atoms with van der Waals surface area (Å²) >= 11 is 0. The van der Waals surface area contributed by atoms with E-state index >= 15 is 0 Å². The minimum absolute atomic E-state index is 0.0341. The first kappa shape index (κ1) is 13.1. The third-order valence-corrected chi connectivity index (χ3v) is 3.71. The molecular weight excluding hydrogens is 224 g/mol. The van der Waals surface area contributed by atoms with Crippen LogP contribution in [0.3, 0.4) is 0 Å². The molecule has 1 atom stereocenters. The number of aryl methyl sites for hydroxylation is 2. The highest BCUT2D eigenvalue weighted by atomic mass is 16.2. The molecular formula is C15H22N2O. The van der Waals surface area contributed by atoms with Gasteiger partial charge in [-0.1, -0.05) is 17.7 Å². The Morgan fingerprint density at radius 1 is 1.28 bits per heavy atom. The molecule has 3 nitrogen and oxygen atoms in total. The Kier molecular flexibility index (Phi) is 4.02. The van der Waals surface area contributed by atoms with Gasteiger partial charge >= 0.3 is 0 Å². The van der Waals surface area contributed by atoms with E-state index in [1.54, 1.807) is 0 Å². The van der Waals surface area contributed by atoms with Gasteiger partial charge in [0, 0.05) is 5.69 Å². The normalized spacial score (nSPS) is 17.7. The maximum Gasteiger partial charge on any atom is 0.241 e. The summed E-state index contributed by atoms with van der Waals surface area (Å²) < 4.78 is 0. The molecule has 0 bridgehead atoms. The van der Waals surface area contributed by atoms with Gasteiger partial charge in [0.1, 0.15) is 0 Å². The average Bonchev–Trinajstić information content (AvgIpc) is 2.85. The second-order valence-electron chi connectivity index (χ2n) is 5.23. The van der Waals surface area contributed by atoms with Gasteiger partial charge in [0.15, 0.2) is 0 Å². The number of carbonyl (C=O) groups is 1. The zero-order chi connectivity index (χ0) is 13.1. The van der Waals surface area contributed by atoms with E-state index in [0.717, 1.165) is 24.3 Å². The summed E-state index contributed by atoms with van der Waals surface area (Å²) in [5.41, 5.74) is 3.27. The summed E-state index contributed by atoms with van der Waals surface area (Å²) in [5, 5.41) is 3.03. The van der Waals surface area contributed by atoms with Crippen molar-refractivity contribution in [3.05, 3.63) is 29.3 Å². The lowest BCUT2D eigenvalue weighted by molar-refractivity contribution is -0.120. The van der Waals surface area contributed by atoms with Crippen LogP contribution in [0.15, 0.2) is 18.2 Å². The largest absolute Gasteiger partial charge is 0.324 e. The van der Waals surface area contributed by atoms with E-state index in [4.69, 9.17) is 0 Å². The van der Waals surface area contributed by atoms with Crippen LogP contribution in [0.5, 0.6) is 0 Å². The SMILES string of the molecule is Cc1ccc(NC(=O)[C@@H](C)N2CCCC2)c(C)c1. The zero-order valence-electron chi connectivity index (χ0n) is 11.5. The monoisotopic (exact) mass is 246 g/mol. The molecule has 1 heterocycles. The number of amides is 1. The number of carbonyl (C=O) groups excluding carboxylic acids is 1. The van der Waals surface area contributed by atoms with E-state index < -0.39 is 0 Å². The van der Waals surface area contributed by atoms with E-state index in [0.29, 0.717) is 0 Å². The number of nitrogens with zero attached hydrogens (tertiary/aromatic N) is 1. The van der Waals surface area contributed by atoms with Crippen LogP contribution >= 0.6 is 0 Å². The van der Waals surface area contributed by atoms with Gasteiger partial charge in [-0.2, -0.15) is 0 Å². The molecule has 2 rings (SSSR count). The maximum absolute atomic E-state index is 12.2. The van der Waals surface area contributed by atoms with Crippen LogP contribution in [0.2, 0.25) is 0 Å². The predicted molar refractivity (Wildman–Crippen MR) is 74.8 cm³/mol. The van der Waals surface area contributed by atoms with E-state index in [9.17, 15) is 4.79 Å². The summed E-state index contributed by atoms with van der Waals surface area (Å²) in [6, 6.07) is 6.08. The van der Waals surface area contributed by atoms with Gasteiger partial charge in [0.25, 0.3) is 0 Å². The quantitative estimate of drug-likeness (QED) is 0.889. The number of nitrogens with one attached hydrogen (secondary N) is 1. The number of rotatable bonds is 3. The molecule has 0 saturated carbocycles. The van der Waals surface area contributed by atoms with Gasteiger partial charge < -0.3 is 5.32 Å². The van der Waals surface area contributed by atoms with Crippen molar-refractivity contribution in [3.63, 3.8) is 0 Å². The molecule has 1 aliphatic rings. The van der Waals surface area contributed by atoms with Crippen molar-refractivity contribution in [1.82, 2.24) is 4.90 Å². The molecule has 1 aromatic rings. The third kappa shape index (κ3) is 2.91. The van der Waals surface area contributed by atoms with Crippen LogP contribution in [0.4, 0.5) is 5.69 Å². The first-order valence-electron chi connectivity index (χ1n) is 6.70. The third-order valence-electron chi connectivity index (χ3n) is 3.71. The van der Waals surface area contributed by atoms with Crippen LogP contribution in [0.1, 0.15) is 30.9 Å². The smallest absolute Gasteiger partial charge is 0.241 e. The van der Waals surface area contributed by atoms with Crippen molar-refractivity contribution in [1.29, 1.82) is 0 Å². The molecule has 0 radical (unpaired) electrons. The predicted octanol–water partition coefficient (Wildman–Crippen LogP) is 2.73. The van der Waals surface area contributed by atoms with E-state index in [1.165, 1.54) is 18.4 Å². The molecule has 0 unspecified atom stereocenters. The number of likely N-dealkylation sites (tertiary alicyclic amines) is 1. The highest BCUT2D eigenvalue weighted by molar-refractivity contribution is 5.95. The van der Waals surface area contributed by atoms with Crippen molar-refractivity contribution in [2.75, 3.05) is 18.4 Å². The Bertz CT molecular complexity index is 436. The molecule has 1 aromatic carbocycles. The Labute approximate surface area is 109 Å². The minimum Gasteiger partial charge on any atom is -0.324 e. The van der Waals surface area contributed by atoms with E-state index in [2.05, 4.69) is 23.2 Å². The van der Waals surface area contributed by atoms with Crippen LogP contribution in [-0.4, -0.2) is 29.9 Å². The van der Waals surface area contributed by atoms with Gasteiger partial charge in [0.05, 0.1) is 6.04 Å². The van der Waals surface area contributed by atoms with Crippen molar-refractivity contribution in [3.8, 4) is 0 Å². The molecule has 0 spiro atoms.